The second kappa shape index (κ2) is 5.99. The number of hydrogen-bond acceptors (Lipinski definition) is 3. The molecule has 2 atom stereocenters. The molecular formula is C16H19N3O2. The zero-order chi connectivity index (χ0) is 14.7. The molecule has 1 aliphatic heterocycles. The molecule has 2 heterocycles. The van der Waals surface area contributed by atoms with Gasteiger partial charge in [0, 0.05) is 25.0 Å². The first kappa shape index (κ1) is 13.7. The van der Waals surface area contributed by atoms with Crippen LogP contribution in [0.15, 0.2) is 43.0 Å². The van der Waals surface area contributed by atoms with E-state index in [0.29, 0.717) is 6.61 Å². The Labute approximate surface area is 124 Å². The third-order valence-corrected chi connectivity index (χ3v) is 3.68. The van der Waals surface area contributed by atoms with Crippen molar-refractivity contribution in [1.82, 2.24) is 14.9 Å². The Balaban J connectivity index is 1.56. The molecule has 1 aromatic heterocycles. The summed E-state index contributed by atoms with van der Waals surface area (Å²) in [5.74, 6) is 0.829. The van der Waals surface area contributed by atoms with E-state index >= 15 is 0 Å². The summed E-state index contributed by atoms with van der Waals surface area (Å²) in [4.78, 5) is 16.3. The van der Waals surface area contributed by atoms with E-state index < -0.39 is 0 Å². The van der Waals surface area contributed by atoms with Gasteiger partial charge < -0.3 is 14.6 Å². The number of fused-ring (bicyclic) bond motifs is 1. The molecule has 0 saturated carbocycles. The highest BCUT2D eigenvalue weighted by atomic mass is 16.5. The summed E-state index contributed by atoms with van der Waals surface area (Å²) in [7, 11) is 0. The van der Waals surface area contributed by atoms with E-state index in [1.54, 1.807) is 12.5 Å². The van der Waals surface area contributed by atoms with Gasteiger partial charge in [-0.25, -0.2) is 4.98 Å². The molecule has 2 aromatic rings. The summed E-state index contributed by atoms with van der Waals surface area (Å²) in [5, 5.41) is 3.05. The molecule has 1 aliphatic rings. The first-order valence-electron chi connectivity index (χ1n) is 7.19. The lowest BCUT2D eigenvalue weighted by molar-refractivity contribution is -0.127. The van der Waals surface area contributed by atoms with E-state index in [1.165, 1.54) is 0 Å². The minimum Gasteiger partial charge on any atom is -0.492 e. The number of hydrogen-bond donors (Lipinski definition) is 1. The van der Waals surface area contributed by atoms with Crippen LogP contribution in [-0.2, 0) is 17.8 Å². The van der Waals surface area contributed by atoms with Gasteiger partial charge in [0.15, 0.2) is 0 Å². The monoisotopic (exact) mass is 285 g/mol. The third kappa shape index (κ3) is 3.24. The topological polar surface area (TPSA) is 56.2 Å². The van der Waals surface area contributed by atoms with Gasteiger partial charge >= 0.3 is 0 Å². The molecule has 0 aliphatic carbocycles. The Morgan fingerprint density at radius 2 is 2.38 bits per heavy atom. The smallest absolute Gasteiger partial charge is 0.227 e. The maximum atomic E-state index is 12.3. The first-order valence-corrected chi connectivity index (χ1v) is 7.19. The molecule has 21 heavy (non-hydrogen) atoms. The van der Waals surface area contributed by atoms with Crippen LogP contribution in [-0.4, -0.2) is 28.1 Å². The van der Waals surface area contributed by atoms with Gasteiger partial charge in [0.05, 0.1) is 12.2 Å². The maximum absolute atomic E-state index is 12.3. The van der Waals surface area contributed by atoms with Gasteiger partial charge in [-0.1, -0.05) is 18.2 Å². The van der Waals surface area contributed by atoms with Crippen molar-refractivity contribution in [2.45, 2.75) is 25.9 Å². The number of nitrogens with one attached hydrogen (secondary N) is 1. The van der Waals surface area contributed by atoms with E-state index in [-0.39, 0.29) is 17.9 Å². The second-order valence-electron chi connectivity index (χ2n) is 5.49. The Morgan fingerprint density at radius 1 is 1.52 bits per heavy atom. The van der Waals surface area contributed by atoms with Crippen LogP contribution in [0.4, 0.5) is 0 Å². The molecule has 3 rings (SSSR count). The van der Waals surface area contributed by atoms with Gasteiger partial charge in [-0.3, -0.25) is 4.79 Å². The number of carbonyl (C=O) groups excluding carboxylic acids is 1. The van der Waals surface area contributed by atoms with E-state index in [2.05, 4.69) is 10.3 Å². The minimum absolute atomic E-state index is 0.0529. The maximum Gasteiger partial charge on any atom is 0.227 e. The first-order chi connectivity index (χ1) is 10.2. The Hall–Kier alpha value is -2.30. The average Bonchev–Trinajstić information content (AvgIpc) is 2.99. The quantitative estimate of drug-likeness (QED) is 0.929. The van der Waals surface area contributed by atoms with Crippen molar-refractivity contribution >= 4 is 5.91 Å². The molecule has 0 fully saturated rings. The summed E-state index contributed by atoms with van der Waals surface area (Å²) in [6, 6.07) is 7.95. The summed E-state index contributed by atoms with van der Waals surface area (Å²) in [5.41, 5.74) is 1.10. The van der Waals surface area contributed by atoms with E-state index in [0.717, 1.165) is 24.3 Å². The molecule has 110 valence electrons. The van der Waals surface area contributed by atoms with Crippen molar-refractivity contribution in [2.75, 3.05) is 6.61 Å². The van der Waals surface area contributed by atoms with Crippen LogP contribution in [0.2, 0.25) is 0 Å². The molecule has 2 unspecified atom stereocenters. The summed E-state index contributed by atoms with van der Waals surface area (Å²) in [6.07, 6.45) is 6.12. The number of para-hydroxylation sites is 1. The number of amides is 1. The number of ether oxygens (including phenoxy) is 1. The molecule has 0 radical (unpaired) electrons. The van der Waals surface area contributed by atoms with Gasteiger partial charge in [-0.15, -0.1) is 0 Å². The van der Waals surface area contributed by atoms with Crippen molar-refractivity contribution in [1.29, 1.82) is 0 Å². The van der Waals surface area contributed by atoms with Gasteiger partial charge in [0.25, 0.3) is 0 Å². The van der Waals surface area contributed by atoms with Crippen molar-refractivity contribution in [3.8, 4) is 5.75 Å². The number of nitrogens with zero attached hydrogens (tertiary/aromatic N) is 2. The summed E-state index contributed by atoms with van der Waals surface area (Å²) < 4.78 is 7.62. The second-order valence-corrected chi connectivity index (χ2v) is 5.49. The molecule has 1 aromatic carbocycles. The predicted molar refractivity (Wildman–Crippen MR) is 79.0 cm³/mol. The largest absolute Gasteiger partial charge is 0.492 e. The van der Waals surface area contributed by atoms with Crippen molar-refractivity contribution in [3.63, 3.8) is 0 Å². The zero-order valence-electron chi connectivity index (χ0n) is 12.0. The van der Waals surface area contributed by atoms with Crippen molar-refractivity contribution < 1.29 is 9.53 Å². The number of rotatable bonds is 4. The van der Waals surface area contributed by atoms with E-state index in [9.17, 15) is 4.79 Å². The molecule has 5 nitrogen and oxygen atoms in total. The predicted octanol–water partition coefficient (Wildman–Crippen LogP) is 1.64. The van der Waals surface area contributed by atoms with E-state index in [4.69, 9.17) is 4.74 Å². The number of carbonyl (C=O) groups is 1. The molecule has 0 spiro atoms. The normalized spacial score (nSPS) is 18.4. The van der Waals surface area contributed by atoms with Crippen LogP contribution >= 0.6 is 0 Å². The number of aromatic nitrogens is 2. The summed E-state index contributed by atoms with van der Waals surface area (Å²) in [6.45, 7) is 3.16. The average molecular weight is 285 g/mol. The van der Waals surface area contributed by atoms with E-state index in [1.807, 2.05) is 42.0 Å². The van der Waals surface area contributed by atoms with Crippen LogP contribution in [0, 0.1) is 5.92 Å². The number of imidazole rings is 1. The highest BCUT2D eigenvalue weighted by Crippen LogP contribution is 2.26. The van der Waals surface area contributed by atoms with Crippen LogP contribution in [0.5, 0.6) is 5.75 Å². The SMILES string of the molecule is CC(Cn1ccnc1)NC(=O)C1COc2ccccc2C1. The van der Waals surface area contributed by atoms with Crippen LogP contribution in [0.1, 0.15) is 12.5 Å². The molecule has 5 heteroatoms. The van der Waals surface area contributed by atoms with Crippen molar-refractivity contribution in [2.24, 2.45) is 5.92 Å². The standard InChI is InChI=1S/C16H19N3O2/c1-12(9-19-7-6-17-11-19)18-16(20)14-8-13-4-2-3-5-15(13)21-10-14/h2-7,11-12,14H,8-10H2,1H3,(H,18,20). The van der Waals surface area contributed by atoms with Gasteiger partial charge in [-0.2, -0.15) is 0 Å². The molecule has 0 saturated heterocycles. The lowest BCUT2D eigenvalue weighted by Crippen LogP contribution is -2.42. The lowest BCUT2D eigenvalue weighted by atomic mass is 9.96. The minimum atomic E-state index is -0.120. The van der Waals surface area contributed by atoms with Gasteiger partial charge in [0.1, 0.15) is 12.4 Å². The van der Waals surface area contributed by atoms with Crippen LogP contribution in [0.25, 0.3) is 0 Å². The lowest BCUT2D eigenvalue weighted by Gasteiger charge is -2.26. The van der Waals surface area contributed by atoms with Crippen molar-refractivity contribution in [3.05, 3.63) is 48.5 Å². The van der Waals surface area contributed by atoms with Gasteiger partial charge in [-0.05, 0) is 25.0 Å². The molecule has 0 bridgehead atoms. The summed E-state index contributed by atoms with van der Waals surface area (Å²) >= 11 is 0. The Morgan fingerprint density at radius 3 is 3.19 bits per heavy atom. The highest BCUT2D eigenvalue weighted by molar-refractivity contribution is 5.79. The third-order valence-electron chi connectivity index (χ3n) is 3.68. The Bertz CT molecular complexity index is 610. The van der Waals surface area contributed by atoms with Gasteiger partial charge in [0.2, 0.25) is 5.91 Å². The molecular weight excluding hydrogens is 266 g/mol. The Kier molecular flexibility index (Phi) is 3.90. The van der Waals surface area contributed by atoms with Crippen LogP contribution in [0.3, 0.4) is 0 Å². The fraction of sp³-hybridized carbons (Fsp3) is 0.375. The fourth-order valence-electron chi connectivity index (χ4n) is 2.61. The highest BCUT2D eigenvalue weighted by Gasteiger charge is 2.26. The fourth-order valence-corrected chi connectivity index (χ4v) is 2.61. The zero-order valence-corrected chi connectivity index (χ0v) is 12.0. The van der Waals surface area contributed by atoms with Crippen LogP contribution < -0.4 is 10.1 Å². The number of benzene rings is 1. The molecule has 1 amide bonds. The molecule has 1 N–H and O–H groups in total.